The van der Waals surface area contributed by atoms with Crippen molar-refractivity contribution in [3.05, 3.63) is 29.3 Å². The van der Waals surface area contributed by atoms with Crippen molar-refractivity contribution in [3.8, 4) is 5.75 Å². The number of rotatable bonds is 2. The van der Waals surface area contributed by atoms with E-state index in [1.54, 1.807) is 12.3 Å². The summed E-state index contributed by atoms with van der Waals surface area (Å²) < 4.78 is 24.2. The summed E-state index contributed by atoms with van der Waals surface area (Å²) in [6.07, 6.45) is 1.72. The molecule has 3 rings (SSSR count). The van der Waals surface area contributed by atoms with Gasteiger partial charge in [-0.1, -0.05) is 11.6 Å². The third kappa shape index (κ3) is 2.27. The average molecular weight is 297 g/mol. The van der Waals surface area contributed by atoms with Crippen LogP contribution in [0.5, 0.6) is 5.75 Å². The zero-order chi connectivity index (χ0) is 14.1. The highest BCUT2D eigenvalue weighted by Gasteiger charge is 2.17. The first kappa shape index (κ1) is 13.4. The maximum Gasteiger partial charge on any atom is 0.165 e. The van der Waals surface area contributed by atoms with E-state index < -0.39 is 5.82 Å². The number of pyridine rings is 1. The second-order valence-corrected chi connectivity index (χ2v) is 4.92. The van der Waals surface area contributed by atoms with E-state index in [9.17, 15) is 4.39 Å². The first-order chi connectivity index (χ1) is 9.70. The van der Waals surface area contributed by atoms with Gasteiger partial charge in [0.1, 0.15) is 5.15 Å². The van der Waals surface area contributed by atoms with Crippen LogP contribution < -0.4 is 9.64 Å². The normalized spacial score (nSPS) is 15.7. The van der Waals surface area contributed by atoms with Gasteiger partial charge in [-0.3, -0.25) is 0 Å². The predicted molar refractivity (Wildman–Crippen MR) is 76.3 cm³/mol. The first-order valence-electron chi connectivity index (χ1n) is 6.35. The lowest BCUT2D eigenvalue weighted by molar-refractivity contribution is 0.123. The number of aromatic nitrogens is 1. The molecule has 20 heavy (non-hydrogen) atoms. The minimum atomic E-state index is -0.442. The van der Waals surface area contributed by atoms with Crippen LogP contribution in [0, 0.1) is 5.82 Å². The average Bonchev–Trinajstić information content (AvgIpc) is 2.48. The van der Waals surface area contributed by atoms with Gasteiger partial charge in [0.05, 0.1) is 32.2 Å². The van der Waals surface area contributed by atoms with Crippen molar-refractivity contribution >= 4 is 28.1 Å². The molecule has 6 heteroatoms. The zero-order valence-corrected chi connectivity index (χ0v) is 11.8. The summed E-state index contributed by atoms with van der Waals surface area (Å²) in [6, 6.07) is 3.04. The molecule has 0 radical (unpaired) electrons. The van der Waals surface area contributed by atoms with Gasteiger partial charge in [-0.15, -0.1) is 0 Å². The standard InChI is InChI=1S/C14H14ClFN2O2/c1-19-13-7-9-10(6-11(13)16)14(15)17-8-12(9)18-2-4-20-5-3-18/h6-8H,2-5H2,1H3. The van der Waals surface area contributed by atoms with Crippen molar-refractivity contribution in [2.75, 3.05) is 38.3 Å². The van der Waals surface area contributed by atoms with Crippen molar-refractivity contribution < 1.29 is 13.9 Å². The third-order valence-corrected chi connectivity index (χ3v) is 3.74. The maximum atomic E-state index is 13.8. The van der Waals surface area contributed by atoms with Gasteiger partial charge < -0.3 is 14.4 Å². The van der Waals surface area contributed by atoms with E-state index in [2.05, 4.69) is 9.88 Å². The molecule has 2 aromatic rings. The van der Waals surface area contributed by atoms with Crippen LogP contribution in [-0.4, -0.2) is 38.4 Å². The number of hydrogen-bond acceptors (Lipinski definition) is 4. The Balaban J connectivity index is 2.18. The molecule has 1 aliphatic rings. The Kier molecular flexibility index (Phi) is 3.63. The highest BCUT2D eigenvalue weighted by Crippen LogP contribution is 2.35. The fraction of sp³-hybridized carbons (Fsp3) is 0.357. The van der Waals surface area contributed by atoms with Gasteiger partial charge in [0.15, 0.2) is 11.6 Å². The molecule has 1 saturated heterocycles. The molecular formula is C14H14ClFN2O2. The molecule has 0 spiro atoms. The fourth-order valence-corrected chi connectivity index (χ4v) is 2.61. The molecule has 4 nitrogen and oxygen atoms in total. The molecule has 0 N–H and O–H groups in total. The Hall–Kier alpha value is -1.59. The van der Waals surface area contributed by atoms with Crippen LogP contribution in [0.3, 0.4) is 0 Å². The van der Waals surface area contributed by atoms with Crippen molar-refractivity contribution in [2.24, 2.45) is 0 Å². The molecule has 1 fully saturated rings. The van der Waals surface area contributed by atoms with Gasteiger partial charge in [-0.2, -0.15) is 0 Å². The lowest BCUT2D eigenvalue weighted by Crippen LogP contribution is -2.36. The van der Waals surface area contributed by atoms with E-state index in [1.165, 1.54) is 13.2 Å². The monoisotopic (exact) mass is 296 g/mol. The molecule has 0 unspecified atom stereocenters. The summed E-state index contributed by atoms with van der Waals surface area (Å²) in [5, 5.41) is 1.72. The van der Waals surface area contributed by atoms with Gasteiger partial charge in [0.2, 0.25) is 0 Å². The number of nitrogens with zero attached hydrogens (tertiary/aromatic N) is 2. The van der Waals surface area contributed by atoms with Crippen LogP contribution in [0.4, 0.5) is 10.1 Å². The Labute approximate surface area is 121 Å². The molecule has 0 amide bonds. The van der Waals surface area contributed by atoms with Crippen LogP contribution in [0.25, 0.3) is 10.8 Å². The van der Waals surface area contributed by atoms with E-state index in [0.29, 0.717) is 23.8 Å². The minimum Gasteiger partial charge on any atom is -0.494 e. The molecule has 1 aromatic carbocycles. The van der Waals surface area contributed by atoms with Gasteiger partial charge in [0.25, 0.3) is 0 Å². The summed E-state index contributed by atoms with van der Waals surface area (Å²) in [7, 11) is 1.45. The summed E-state index contributed by atoms with van der Waals surface area (Å²) in [6.45, 7) is 2.89. The molecular weight excluding hydrogens is 283 g/mol. The van der Waals surface area contributed by atoms with Crippen molar-refractivity contribution in [1.29, 1.82) is 0 Å². The minimum absolute atomic E-state index is 0.203. The lowest BCUT2D eigenvalue weighted by Gasteiger charge is -2.29. The van der Waals surface area contributed by atoms with Crippen LogP contribution in [-0.2, 0) is 4.74 Å². The fourth-order valence-electron chi connectivity index (χ4n) is 2.41. The smallest absolute Gasteiger partial charge is 0.165 e. The number of fused-ring (bicyclic) bond motifs is 1. The second kappa shape index (κ2) is 5.42. The zero-order valence-electron chi connectivity index (χ0n) is 11.0. The third-order valence-electron chi connectivity index (χ3n) is 3.44. The van der Waals surface area contributed by atoms with Crippen LogP contribution in [0.1, 0.15) is 0 Å². The Bertz CT molecular complexity index is 645. The molecule has 106 valence electrons. The van der Waals surface area contributed by atoms with E-state index in [0.717, 1.165) is 24.2 Å². The van der Waals surface area contributed by atoms with Gasteiger partial charge >= 0.3 is 0 Å². The summed E-state index contributed by atoms with van der Waals surface area (Å²) >= 11 is 6.07. The Morgan fingerprint density at radius 3 is 2.75 bits per heavy atom. The topological polar surface area (TPSA) is 34.6 Å². The number of halogens is 2. The molecule has 0 bridgehead atoms. The van der Waals surface area contributed by atoms with Crippen LogP contribution in [0.2, 0.25) is 5.15 Å². The molecule has 0 saturated carbocycles. The van der Waals surface area contributed by atoms with Gasteiger partial charge in [-0.25, -0.2) is 9.37 Å². The van der Waals surface area contributed by atoms with E-state index >= 15 is 0 Å². The summed E-state index contributed by atoms with van der Waals surface area (Å²) in [4.78, 5) is 6.31. The summed E-state index contributed by atoms with van der Waals surface area (Å²) in [5.41, 5.74) is 0.922. The number of ether oxygens (including phenoxy) is 2. The molecule has 1 aromatic heterocycles. The van der Waals surface area contributed by atoms with Crippen LogP contribution >= 0.6 is 11.6 Å². The highest BCUT2D eigenvalue weighted by molar-refractivity contribution is 6.34. The van der Waals surface area contributed by atoms with E-state index in [4.69, 9.17) is 21.1 Å². The van der Waals surface area contributed by atoms with E-state index in [1.807, 2.05) is 0 Å². The highest BCUT2D eigenvalue weighted by atomic mass is 35.5. The molecule has 2 heterocycles. The number of methoxy groups -OCH3 is 1. The Morgan fingerprint density at radius 1 is 1.30 bits per heavy atom. The first-order valence-corrected chi connectivity index (χ1v) is 6.73. The second-order valence-electron chi connectivity index (χ2n) is 4.57. The SMILES string of the molecule is COc1cc2c(N3CCOCC3)cnc(Cl)c2cc1F. The van der Waals surface area contributed by atoms with Crippen LogP contribution in [0.15, 0.2) is 18.3 Å². The lowest BCUT2D eigenvalue weighted by atomic mass is 10.1. The number of hydrogen-bond donors (Lipinski definition) is 0. The molecule has 0 aliphatic carbocycles. The quantitative estimate of drug-likeness (QED) is 0.798. The van der Waals surface area contributed by atoms with Crippen molar-refractivity contribution in [3.63, 3.8) is 0 Å². The number of benzene rings is 1. The summed E-state index contributed by atoms with van der Waals surface area (Å²) in [5.74, 6) is -0.239. The van der Waals surface area contributed by atoms with Gasteiger partial charge in [-0.05, 0) is 12.1 Å². The largest absolute Gasteiger partial charge is 0.494 e. The number of morpholine rings is 1. The van der Waals surface area contributed by atoms with E-state index in [-0.39, 0.29) is 5.75 Å². The maximum absolute atomic E-state index is 13.8. The van der Waals surface area contributed by atoms with Crippen molar-refractivity contribution in [1.82, 2.24) is 4.98 Å². The number of anilines is 1. The molecule has 1 aliphatic heterocycles. The molecule has 0 atom stereocenters. The Morgan fingerprint density at radius 2 is 2.05 bits per heavy atom. The van der Waals surface area contributed by atoms with Gasteiger partial charge in [0, 0.05) is 23.9 Å². The van der Waals surface area contributed by atoms with Crippen molar-refractivity contribution in [2.45, 2.75) is 0 Å². The predicted octanol–water partition coefficient (Wildman–Crippen LogP) is 2.87.